The van der Waals surface area contributed by atoms with E-state index in [4.69, 9.17) is 25.4 Å². The predicted molar refractivity (Wildman–Crippen MR) is 147 cm³/mol. The number of hydrogen-bond acceptors (Lipinski definition) is 9. The molecule has 9 heteroatoms. The van der Waals surface area contributed by atoms with Gasteiger partial charge in [-0.05, 0) is 30.0 Å². The molecule has 0 spiro atoms. The van der Waals surface area contributed by atoms with Crippen LogP contribution in [0.25, 0.3) is 33.5 Å². The highest BCUT2D eigenvalue weighted by Gasteiger charge is 2.22. The molecule has 6 rings (SSSR count). The van der Waals surface area contributed by atoms with E-state index in [2.05, 4.69) is 27.0 Å². The first-order chi connectivity index (χ1) is 18.6. The van der Waals surface area contributed by atoms with Gasteiger partial charge in [-0.15, -0.1) is 0 Å². The van der Waals surface area contributed by atoms with Crippen LogP contribution in [0.1, 0.15) is 37.7 Å². The fraction of sp³-hybridized carbons (Fsp3) is 0.379. The number of nitrogens with two attached hydrogens (primary N) is 1. The zero-order valence-corrected chi connectivity index (χ0v) is 21.3. The Morgan fingerprint density at radius 3 is 2.47 bits per heavy atom. The fourth-order valence-electron chi connectivity index (χ4n) is 5.37. The summed E-state index contributed by atoms with van der Waals surface area (Å²) in [6.45, 7) is 2.72. The number of rotatable bonds is 6. The highest BCUT2D eigenvalue weighted by molar-refractivity contribution is 5.90. The van der Waals surface area contributed by atoms with Crippen molar-refractivity contribution in [2.75, 3.05) is 36.9 Å². The number of ketones is 1. The Morgan fingerprint density at radius 2 is 1.68 bits per heavy atom. The van der Waals surface area contributed by atoms with E-state index >= 15 is 0 Å². The molecule has 0 unspecified atom stereocenters. The van der Waals surface area contributed by atoms with Gasteiger partial charge in [0.25, 0.3) is 0 Å². The number of pyridine rings is 1. The molecule has 3 aromatic heterocycles. The van der Waals surface area contributed by atoms with Crippen molar-refractivity contribution >= 4 is 28.6 Å². The normalized spacial score (nSPS) is 16.6. The summed E-state index contributed by atoms with van der Waals surface area (Å²) >= 11 is 0. The smallest absolute Gasteiger partial charge is 0.219 e. The molecule has 1 aliphatic heterocycles. The topological polar surface area (TPSA) is 120 Å². The van der Waals surface area contributed by atoms with Crippen molar-refractivity contribution in [1.82, 2.24) is 24.9 Å². The Kier molecular flexibility index (Phi) is 6.92. The summed E-state index contributed by atoms with van der Waals surface area (Å²) in [7, 11) is 0. The largest absolute Gasteiger partial charge is 0.378 e. The van der Waals surface area contributed by atoms with Gasteiger partial charge in [0, 0.05) is 49.6 Å². The molecule has 194 valence electrons. The van der Waals surface area contributed by atoms with Gasteiger partial charge in [0.05, 0.1) is 24.3 Å². The molecule has 0 bridgehead atoms. The number of aromatic nitrogens is 5. The van der Waals surface area contributed by atoms with Crippen molar-refractivity contribution in [1.29, 1.82) is 0 Å². The van der Waals surface area contributed by atoms with Gasteiger partial charge < -0.3 is 15.4 Å². The lowest BCUT2D eigenvalue weighted by Crippen LogP contribution is -2.37. The summed E-state index contributed by atoms with van der Waals surface area (Å²) in [6, 6.07) is 10.2. The zero-order valence-electron chi connectivity index (χ0n) is 21.3. The van der Waals surface area contributed by atoms with Gasteiger partial charge in [-0.1, -0.05) is 43.5 Å². The van der Waals surface area contributed by atoms with Crippen LogP contribution in [0.2, 0.25) is 0 Å². The molecule has 0 amide bonds. The fourth-order valence-corrected chi connectivity index (χ4v) is 5.37. The van der Waals surface area contributed by atoms with Crippen LogP contribution >= 0.6 is 0 Å². The maximum Gasteiger partial charge on any atom is 0.219 e. The molecule has 1 saturated heterocycles. The van der Waals surface area contributed by atoms with Gasteiger partial charge in [0.2, 0.25) is 5.95 Å². The highest BCUT2D eigenvalue weighted by Crippen LogP contribution is 2.31. The van der Waals surface area contributed by atoms with Crippen LogP contribution in [0, 0.1) is 5.92 Å². The Morgan fingerprint density at radius 1 is 0.921 bits per heavy atom. The van der Waals surface area contributed by atoms with Crippen molar-refractivity contribution in [3.05, 3.63) is 54.5 Å². The number of nitrogen functional groups attached to an aromatic ring is 1. The number of benzene rings is 1. The highest BCUT2D eigenvalue weighted by atomic mass is 16.5. The predicted octanol–water partition coefficient (Wildman–Crippen LogP) is 4.26. The summed E-state index contributed by atoms with van der Waals surface area (Å²) in [4.78, 5) is 37.8. The Balaban J connectivity index is 1.36. The number of Topliss-reactive ketones (excluding diaryl/α,β-unsaturated/α-hetero) is 1. The zero-order chi connectivity index (χ0) is 25.9. The van der Waals surface area contributed by atoms with Gasteiger partial charge in [-0.3, -0.25) is 9.78 Å². The third-order valence-corrected chi connectivity index (χ3v) is 7.46. The first kappa shape index (κ1) is 24.4. The maximum atomic E-state index is 12.9. The quantitative estimate of drug-likeness (QED) is 0.406. The van der Waals surface area contributed by atoms with E-state index in [9.17, 15) is 4.79 Å². The summed E-state index contributed by atoms with van der Waals surface area (Å²) in [5, 5.41) is 0. The van der Waals surface area contributed by atoms with Gasteiger partial charge in [0.15, 0.2) is 11.6 Å². The van der Waals surface area contributed by atoms with E-state index < -0.39 is 0 Å². The summed E-state index contributed by atoms with van der Waals surface area (Å²) in [5.74, 6) is 2.06. The Labute approximate surface area is 221 Å². The molecule has 4 aromatic rings. The standard InChI is InChI=1S/C29H31N7O2/c30-29-32-17-23(18-33-29)27-34-24-15-22(16-31-26(24)28(35-27)36-9-11-38-12-10-36)21-8-4-5-19(13-21)14-25(37)20-6-2-1-3-7-20/h4-5,8,13,15-18,20H,1-3,6-7,9-12,14H2,(H2,30,32,33). The number of ether oxygens (including phenoxy) is 1. The maximum absolute atomic E-state index is 12.9. The minimum Gasteiger partial charge on any atom is -0.378 e. The van der Waals surface area contributed by atoms with Crippen molar-refractivity contribution in [3.63, 3.8) is 0 Å². The number of carbonyl (C=O) groups excluding carboxylic acids is 1. The molecule has 0 atom stereocenters. The Hall–Kier alpha value is -3.98. The van der Waals surface area contributed by atoms with Crippen LogP contribution in [-0.4, -0.2) is 57.0 Å². The molecule has 2 fully saturated rings. The van der Waals surface area contributed by atoms with E-state index in [0.29, 0.717) is 36.8 Å². The first-order valence-corrected chi connectivity index (χ1v) is 13.3. The lowest BCUT2D eigenvalue weighted by molar-refractivity contribution is -0.123. The molecule has 1 saturated carbocycles. The number of hydrogen-bond donors (Lipinski definition) is 1. The van der Waals surface area contributed by atoms with E-state index in [-0.39, 0.29) is 11.9 Å². The van der Waals surface area contributed by atoms with E-state index in [0.717, 1.165) is 72.3 Å². The van der Waals surface area contributed by atoms with Gasteiger partial charge in [-0.2, -0.15) is 0 Å². The first-order valence-electron chi connectivity index (χ1n) is 13.3. The monoisotopic (exact) mass is 509 g/mol. The molecule has 1 aromatic carbocycles. The molecular weight excluding hydrogens is 478 g/mol. The molecule has 4 heterocycles. The van der Waals surface area contributed by atoms with Crippen LogP contribution in [0.15, 0.2) is 48.9 Å². The van der Waals surface area contributed by atoms with Gasteiger partial charge >= 0.3 is 0 Å². The minimum absolute atomic E-state index is 0.203. The van der Waals surface area contributed by atoms with Crippen molar-refractivity contribution in [2.24, 2.45) is 5.92 Å². The average Bonchev–Trinajstić information content (AvgIpc) is 2.97. The third-order valence-electron chi connectivity index (χ3n) is 7.46. The lowest BCUT2D eigenvalue weighted by Gasteiger charge is -2.28. The summed E-state index contributed by atoms with van der Waals surface area (Å²) in [6.07, 6.45) is 11.2. The number of anilines is 2. The van der Waals surface area contributed by atoms with Gasteiger partial charge in [0.1, 0.15) is 11.3 Å². The number of nitrogens with zero attached hydrogens (tertiary/aromatic N) is 6. The number of carbonyl (C=O) groups is 1. The van der Waals surface area contributed by atoms with Gasteiger partial charge in [-0.25, -0.2) is 19.9 Å². The molecular formula is C29H31N7O2. The third kappa shape index (κ3) is 5.19. The van der Waals surface area contributed by atoms with Crippen LogP contribution in [0.4, 0.5) is 11.8 Å². The number of morpholine rings is 1. The van der Waals surface area contributed by atoms with E-state index in [1.165, 1.54) is 6.42 Å². The second-order valence-corrected chi connectivity index (χ2v) is 10.1. The molecule has 9 nitrogen and oxygen atoms in total. The molecule has 0 radical (unpaired) electrons. The molecule has 2 aliphatic rings. The van der Waals surface area contributed by atoms with Crippen molar-refractivity contribution < 1.29 is 9.53 Å². The number of fused-ring (bicyclic) bond motifs is 1. The summed E-state index contributed by atoms with van der Waals surface area (Å²) in [5.41, 5.74) is 10.8. The molecule has 2 N–H and O–H groups in total. The summed E-state index contributed by atoms with van der Waals surface area (Å²) < 4.78 is 5.55. The van der Waals surface area contributed by atoms with Crippen LogP contribution in [-0.2, 0) is 16.0 Å². The average molecular weight is 510 g/mol. The van der Waals surface area contributed by atoms with Crippen LogP contribution < -0.4 is 10.6 Å². The molecule has 1 aliphatic carbocycles. The van der Waals surface area contributed by atoms with Crippen molar-refractivity contribution in [3.8, 4) is 22.5 Å². The SMILES string of the molecule is Nc1ncc(-c2nc(N3CCOCC3)c3ncc(-c4cccc(CC(=O)C5CCCCC5)c4)cc3n2)cn1. The lowest BCUT2D eigenvalue weighted by atomic mass is 9.84. The van der Waals surface area contributed by atoms with E-state index in [1.807, 2.05) is 24.4 Å². The van der Waals surface area contributed by atoms with Crippen LogP contribution in [0.5, 0.6) is 0 Å². The van der Waals surface area contributed by atoms with E-state index in [1.54, 1.807) is 12.4 Å². The second kappa shape index (κ2) is 10.8. The Bertz CT molecular complexity index is 1450. The minimum atomic E-state index is 0.203. The second-order valence-electron chi connectivity index (χ2n) is 10.1. The molecule has 38 heavy (non-hydrogen) atoms. The van der Waals surface area contributed by atoms with Crippen molar-refractivity contribution in [2.45, 2.75) is 38.5 Å². The van der Waals surface area contributed by atoms with Crippen LogP contribution in [0.3, 0.4) is 0 Å².